The van der Waals surface area contributed by atoms with Gasteiger partial charge in [0.2, 0.25) is 20.0 Å². The molecule has 2 fully saturated rings. The summed E-state index contributed by atoms with van der Waals surface area (Å²) < 4.78 is 59.4. The van der Waals surface area contributed by atoms with Gasteiger partial charge in [-0.3, -0.25) is 4.79 Å². The van der Waals surface area contributed by atoms with Gasteiger partial charge in [0.05, 0.1) is 27.9 Å². The van der Waals surface area contributed by atoms with Gasteiger partial charge >= 0.3 is 0 Å². The minimum absolute atomic E-state index is 0.0343. The number of hydrogen-bond donors (Lipinski definition) is 0. The van der Waals surface area contributed by atoms with Gasteiger partial charge in [-0.2, -0.15) is 8.61 Å². The Balaban J connectivity index is 1.43. The summed E-state index contributed by atoms with van der Waals surface area (Å²) in [6.07, 6.45) is 0. The number of sulfonamides is 2. The largest absolute Gasteiger partial charge is 0.379 e. The standard InChI is InChI=1S/C20H25N3O6S3/c1-16-2-7-19(30-16)20(24)21-8-10-22(11-9-21)31(25,26)17-3-5-18(6-4-17)32(27,28)23-12-14-29-15-13-23/h2-7H,8-15H2,1H3. The van der Waals surface area contributed by atoms with Crippen molar-refractivity contribution in [3.8, 4) is 0 Å². The van der Waals surface area contributed by atoms with Crippen LogP contribution >= 0.6 is 11.3 Å². The second kappa shape index (κ2) is 9.20. The van der Waals surface area contributed by atoms with Crippen LogP contribution in [0.3, 0.4) is 0 Å². The van der Waals surface area contributed by atoms with Crippen molar-refractivity contribution in [2.24, 2.45) is 0 Å². The molecular weight excluding hydrogens is 474 g/mol. The lowest BCUT2D eigenvalue weighted by Crippen LogP contribution is -2.50. The van der Waals surface area contributed by atoms with Gasteiger partial charge in [0.1, 0.15) is 0 Å². The van der Waals surface area contributed by atoms with Crippen molar-refractivity contribution in [3.63, 3.8) is 0 Å². The highest BCUT2D eigenvalue weighted by Crippen LogP contribution is 2.23. The molecule has 0 aliphatic carbocycles. The van der Waals surface area contributed by atoms with Gasteiger partial charge in [-0.25, -0.2) is 16.8 Å². The molecule has 174 valence electrons. The van der Waals surface area contributed by atoms with E-state index in [2.05, 4.69) is 0 Å². The van der Waals surface area contributed by atoms with Crippen LogP contribution in [-0.2, 0) is 24.8 Å². The number of amides is 1. The molecule has 0 saturated carbocycles. The van der Waals surface area contributed by atoms with Gasteiger partial charge in [-0.1, -0.05) is 0 Å². The molecule has 1 aromatic carbocycles. The Hall–Kier alpha value is -1.83. The van der Waals surface area contributed by atoms with Crippen molar-refractivity contribution >= 4 is 37.3 Å². The Labute approximate surface area is 192 Å². The van der Waals surface area contributed by atoms with Gasteiger partial charge in [-0.05, 0) is 43.3 Å². The highest BCUT2D eigenvalue weighted by molar-refractivity contribution is 7.89. The van der Waals surface area contributed by atoms with Crippen LogP contribution in [0.2, 0.25) is 0 Å². The fourth-order valence-corrected chi connectivity index (χ4v) is 7.37. The molecule has 0 N–H and O–H groups in total. The van der Waals surface area contributed by atoms with Gasteiger partial charge in [0, 0.05) is 44.1 Å². The van der Waals surface area contributed by atoms with Crippen molar-refractivity contribution in [1.29, 1.82) is 0 Å². The second-order valence-corrected chi connectivity index (χ2v) is 12.8. The average molecular weight is 500 g/mol. The third kappa shape index (κ3) is 4.61. The second-order valence-electron chi connectivity index (χ2n) is 7.59. The molecule has 3 heterocycles. The normalized spacial score (nSPS) is 19.2. The maximum absolute atomic E-state index is 13.0. The van der Waals surface area contributed by atoms with E-state index in [0.717, 1.165) is 4.88 Å². The highest BCUT2D eigenvalue weighted by Gasteiger charge is 2.32. The van der Waals surface area contributed by atoms with E-state index in [9.17, 15) is 21.6 Å². The smallest absolute Gasteiger partial charge is 0.264 e. The summed E-state index contributed by atoms with van der Waals surface area (Å²) in [5.41, 5.74) is 0. The van der Waals surface area contributed by atoms with Crippen LogP contribution in [0.1, 0.15) is 14.5 Å². The first-order valence-corrected chi connectivity index (χ1v) is 13.9. The van der Waals surface area contributed by atoms with Crippen molar-refractivity contribution in [2.45, 2.75) is 16.7 Å². The number of aryl methyl sites for hydroxylation is 1. The Kier molecular flexibility index (Phi) is 6.71. The molecule has 2 aliphatic rings. The van der Waals surface area contributed by atoms with E-state index < -0.39 is 20.0 Å². The number of carbonyl (C=O) groups is 1. The lowest BCUT2D eigenvalue weighted by atomic mass is 10.3. The fourth-order valence-electron chi connectivity index (χ4n) is 3.71. The predicted molar refractivity (Wildman–Crippen MR) is 120 cm³/mol. The summed E-state index contributed by atoms with van der Waals surface area (Å²) in [4.78, 5) is 16.1. The minimum atomic E-state index is -3.79. The zero-order chi connectivity index (χ0) is 22.9. The third-order valence-corrected chi connectivity index (χ3v) is 10.4. The van der Waals surface area contributed by atoms with Crippen LogP contribution in [0.5, 0.6) is 0 Å². The molecule has 1 aromatic heterocycles. The van der Waals surface area contributed by atoms with Gasteiger partial charge < -0.3 is 9.64 Å². The summed E-state index contributed by atoms with van der Waals surface area (Å²) in [5, 5.41) is 0. The summed E-state index contributed by atoms with van der Waals surface area (Å²) in [6, 6.07) is 9.00. The molecule has 9 nitrogen and oxygen atoms in total. The Morgan fingerprint density at radius 3 is 1.75 bits per heavy atom. The molecule has 0 radical (unpaired) electrons. The Bertz CT molecular complexity index is 1180. The summed E-state index contributed by atoms with van der Waals surface area (Å²) in [6.45, 7) is 4.14. The number of rotatable bonds is 5. The van der Waals surface area contributed by atoms with Crippen molar-refractivity contribution in [3.05, 3.63) is 46.2 Å². The zero-order valence-electron chi connectivity index (χ0n) is 17.6. The van der Waals surface area contributed by atoms with Crippen molar-refractivity contribution in [2.75, 3.05) is 52.5 Å². The molecule has 1 amide bonds. The lowest BCUT2D eigenvalue weighted by molar-refractivity contribution is 0.0702. The topological polar surface area (TPSA) is 104 Å². The van der Waals surface area contributed by atoms with Crippen LogP contribution < -0.4 is 0 Å². The molecule has 2 aliphatic heterocycles. The Morgan fingerprint density at radius 1 is 0.781 bits per heavy atom. The van der Waals surface area contributed by atoms with E-state index in [4.69, 9.17) is 4.74 Å². The molecule has 0 spiro atoms. The van der Waals surface area contributed by atoms with Crippen LogP contribution in [-0.4, -0.2) is 88.7 Å². The first-order valence-electron chi connectivity index (χ1n) is 10.2. The van der Waals surface area contributed by atoms with Crippen molar-refractivity contribution in [1.82, 2.24) is 13.5 Å². The molecule has 32 heavy (non-hydrogen) atoms. The van der Waals surface area contributed by atoms with Gasteiger partial charge in [0.25, 0.3) is 5.91 Å². The number of ether oxygens (including phenoxy) is 1. The lowest BCUT2D eigenvalue weighted by Gasteiger charge is -2.33. The molecule has 0 atom stereocenters. The highest BCUT2D eigenvalue weighted by atomic mass is 32.2. The molecule has 12 heteroatoms. The molecule has 0 bridgehead atoms. The summed E-state index contributed by atoms with van der Waals surface area (Å²) >= 11 is 1.42. The van der Waals surface area contributed by atoms with Crippen LogP contribution in [0, 0.1) is 6.92 Å². The SMILES string of the molecule is Cc1ccc(C(=O)N2CCN(S(=O)(=O)c3ccc(S(=O)(=O)N4CCOCC4)cc3)CC2)s1. The van der Waals surface area contributed by atoms with E-state index >= 15 is 0 Å². The van der Waals surface area contributed by atoms with E-state index in [0.29, 0.717) is 31.2 Å². The number of nitrogens with zero attached hydrogens (tertiary/aromatic N) is 3. The van der Waals surface area contributed by atoms with Gasteiger partial charge in [0.15, 0.2) is 0 Å². The number of carbonyl (C=O) groups excluding carboxylic acids is 1. The number of benzene rings is 1. The van der Waals surface area contributed by atoms with Crippen LogP contribution in [0.4, 0.5) is 0 Å². The predicted octanol–water partition coefficient (Wildman–Crippen LogP) is 1.22. The monoisotopic (exact) mass is 499 g/mol. The third-order valence-electron chi connectivity index (χ3n) is 5.55. The zero-order valence-corrected chi connectivity index (χ0v) is 20.1. The molecule has 4 rings (SSSR count). The first-order chi connectivity index (χ1) is 15.2. The van der Waals surface area contributed by atoms with Crippen LogP contribution in [0.25, 0.3) is 0 Å². The van der Waals surface area contributed by atoms with Crippen molar-refractivity contribution < 1.29 is 26.4 Å². The quantitative estimate of drug-likeness (QED) is 0.613. The first kappa shape index (κ1) is 23.3. The molecular formula is C20H25N3O6S3. The van der Waals surface area contributed by atoms with E-state index in [1.807, 2.05) is 13.0 Å². The number of piperazine rings is 1. The fraction of sp³-hybridized carbons (Fsp3) is 0.450. The van der Waals surface area contributed by atoms with E-state index in [1.54, 1.807) is 11.0 Å². The number of hydrogen-bond acceptors (Lipinski definition) is 7. The number of morpholine rings is 1. The maximum atomic E-state index is 13.0. The summed E-state index contributed by atoms with van der Waals surface area (Å²) in [7, 11) is -7.48. The minimum Gasteiger partial charge on any atom is -0.379 e. The van der Waals surface area contributed by atoms with E-state index in [-0.39, 0.29) is 41.9 Å². The molecule has 2 aromatic rings. The van der Waals surface area contributed by atoms with E-state index in [1.165, 1.54) is 44.2 Å². The molecule has 2 saturated heterocycles. The maximum Gasteiger partial charge on any atom is 0.264 e. The average Bonchev–Trinajstić information content (AvgIpc) is 3.25. The number of thiophene rings is 1. The summed E-state index contributed by atoms with van der Waals surface area (Å²) in [5.74, 6) is -0.0854. The Morgan fingerprint density at radius 2 is 1.28 bits per heavy atom. The molecule has 0 unspecified atom stereocenters. The van der Waals surface area contributed by atoms with Gasteiger partial charge in [-0.15, -0.1) is 11.3 Å². The van der Waals surface area contributed by atoms with Crippen LogP contribution in [0.15, 0.2) is 46.2 Å².